The number of carbonyl (C=O) groups excluding carboxylic acids is 1. The second-order valence-corrected chi connectivity index (χ2v) is 5.84. The van der Waals surface area contributed by atoms with Gasteiger partial charge in [0.2, 0.25) is 5.91 Å². The van der Waals surface area contributed by atoms with Crippen molar-refractivity contribution in [3.05, 3.63) is 0 Å². The van der Waals surface area contributed by atoms with Gasteiger partial charge in [-0.25, -0.2) is 0 Å². The summed E-state index contributed by atoms with van der Waals surface area (Å²) in [5.74, 6) is 1.29. The SMILES string of the molecule is CC(C)CC(CN)C(=O)N(C)CC1CCOCC1. The third-order valence-corrected chi connectivity index (χ3v) is 3.64. The summed E-state index contributed by atoms with van der Waals surface area (Å²) in [7, 11) is 1.90. The lowest BCUT2D eigenvalue weighted by molar-refractivity contribution is -0.135. The number of amides is 1. The van der Waals surface area contributed by atoms with E-state index in [4.69, 9.17) is 10.5 Å². The average Bonchev–Trinajstić information content (AvgIpc) is 2.36. The molecular formula is C14H28N2O2. The smallest absolute Gasteiger partial charge is 0.226 e. The molecule has 1 saturated heterocycles. The van der Waals surface area contributed by atoms with E-state index in [0.29, 0.717) is 18.4 Å². The molecule has 2 N–H and O–H groups in total. The lowest BCUT2D eigenvalue weighted by Gasteiger charge is -2.29. The highest BCUT2D eigenvalue weighted by Crippen LogP contribution is 2.18. The van der Waals surface area contributed by atoms with E-state index >= 15 is 0 Å². The molecule has 0 aromatic carbocycles. The third kappa shape index (κ3) is 4.94. The van der Waals surface area contributed by atoms with Crippen LogP contribution in [0.5, 0.6) is 0 Å². The Kier molecular flexibility index (Phi) is 6.65. The first-order chi connectivity index (χ1) is 8.54. The lowest BCUT2D eigenvalue weighted by Crippen LogP contribution is -2.40. The van der Waals surface area contributed by atoms with Gasteiger partial charge in [0.25, 0.3) is 0 Å². The van der Waals surface area contributed by atoms with E-state index in [1.54, 1.807) is 0 Å². The summed E-state index contributed by atoms with van der Waals surface area (Å²) in [4.78, 5) is 14.2. The van der Waals surface area contributed by atoms with Gasteiger partial charge in [0.15, 0.2) is 0 Å². The second kappa shape index (κ2) is 7.74. The van der Waals surface area contributed by atoms with E-state index in [-0.39, 0.29) is 11.8 Å². The van der Waals surface area contributed by atoms with E-state index in [2.05, 4.69) is 13.8 Å². The summed E-state index contributed by atoms with van der Waals surface area (Å²) in [6.45, 7) is 7.23. The Morgan fingerprint density at radius 1 is 1.39 bits per heavy atom. The minimum absolute atomic E-state index is 0.0187. The van der Waals surface area contributed by atoms with E-state index in [1.807, 2.05) is 11.9 Å². The van der Waals surface area contributed by atoms with Crippen molar-refractivity contribution in [3.8, 4) is 0 Å². The maximum Gasteiger partial charge on any atom is 0.226 e. The first-order valence-electron chi connectivity index (χ1n) is 7.07. The number of hydrogen-bond acceptors (Lipinski definition) is 3. The van der Waals surface area contributed by atoms with Crippen LogP contribution in [0.3, 0.4) is 0 Å². The van der Waals surface area contributed by atoms with Crippen LogP contribution in [0.25, 0.3) is 0 Å². The molecule has 18 heavy (non-hydrogen) atoms. The molecule has 1 unspecified atom stereocenters. The molecule has 0 saturated carbocycles. The number of carbonyl (C=O) groups is 1. The Morgan fingerprint density at radius 3 is 2.50 bits per heavy atom. The molecule has 1 amide bonds. The molecule has 1 atom stereocenters. The van der Waals surface area contributed by atoms with Crippen LogP contribution in [0.1, 0.15) is 33.1 Å². The molecule has 0 aromatic heterocycles. The summed E-state index contributed by atoms with van der Waals surface area (Å²) in [6.07, 6.45) is 3.01. The van der Waals surface area contributed by atoms with Crippen LogP contribution in [-0.2, 0) is 9.53 Å². The number of nitrogens with zero attached hydrogens (tertiary/aromatic N) is 1. The molecular weight excluding hydrogens is 228 g/mol. The van der Waals surface area contributed by atoms with Crippen molar-refractivity contribution in [1.82, 2.24) is 4.90 Å². The molecule has 1 rings (SSSR count). The maximum atomic E-state index is 12.3. The standard InChI is InChI=1S/C14H28N2O2/c1-11(2)8-13(9-15)14(17)16(3)10-12-4-6-18-7-5-12/h11-13H,4-10,15H2,1-3H3. The molecule has 0 radical (unpaired) electrons. The Balaban J connectivity index is 2.42. The van der Waals surface area contributed by atoms with Crippen molar-refractivity contribution in [1.29, 1.82) is 0 Å². The van der Waals surface area contributed by atoms with E-state index in [1.165, 1.54) is 0 Å². The maximum absolute atomic E-state index is 12.3. The predicted octanol–water partition coefficient (Wildman–Crippen LogP) is 1.49. The molecule has 0 aliphatic carbocycles. The first-order valence-corrected chi connectivity index (χ1v) is 7.07. The number of ether oxygens (including phenoxy) is 1. The van der Waals surface area contributed by atoms with Crippen molar-refractivity contribution in [2.24, 2.45) is 23.5 Å². The zero-order valence-electron chi connectivity index (χ0n) is 12.0. The molecule has 1 aliphatic rings. The van der Waals surface area contributed by atoms with Gasteiger partial charge in [-0.15, -0.1) is 0 Å². The summed E-state index contributed by atoms with van der Waals surface area (Å²) in [5.41, 5.74) is 5.73. The summed E-state index contributed by atoms with van der Waals surface area (Å²) in [5, 5.41) is 0. The summed E-state index contributed by atoms with van der Waals surface area (Å²) < 4.78 is 5.34. The molecule has 106 valence electrons. The Hall–Kier alpha value is -0.610. The highest BCUT2D eigenvalue weighted by Gasteiger charge is 2.24. The number of nitrogens with two attached hydrogens (primary N) is 1. The Bertz CT molecular complexity index is 250. The largest absolute Gasteiger partial charge is 0.381 e. The summed E-state index contributed by atoms with van der Waals surface area (Å²) in [6, 6.07) is 0. The van der Waals surface area contributed by atoms with Gasteiger partial charge in [-0.05, 0) is 31.1 Å². The minimum atomic E-state index is -0.0187. The normalized spacial score (nSPS) is 18.9. The Labute approximate surface area is 111 Å². The first kappa shape index (κ1) is 15.4. The van der Waals surface area contributed by atoms with E-state index in [9.17, 15) is 4.79 Å². The van der Waals surface area contributed by atoms with Crippen LogP contribution in [0.2, 0.25) is 0 Å². The van der Waals surface area contributed by atoms with Crippen molar-refractivity contribution < 1.29 is 9.53 Å². The van der Waals surface area contributed by atoms with Crippen LogP contribution in [0.4, 0.5) is 0 Å². The quantitative estimate of drug-likeness (QED) is 0.783. The zero-order valence-corrected chi connectivity index (χ0v) is 12.0. The lowest BCUT2D eigenvalue weighted by atomic mass is 9.94. The molecule has 0 aromatic rings. The van der Waals surface area contributed by atoms with E-state index in [0.717, 1.165) is 39.0 Å². The topological polar surface area (TPSA) is 55.6 Å². The van der Waals surface area contributed by atoms with E-state index < -0.39 is 0 Å². The highest BCUT2D eigenvalue weighted by molar-refractivity contribution is 5.78. The number of hydrogen-bond donors (Lipinski definition) is 1. The van der Waals surface area contributed by atoms with Crippen molar-refractivity contribution in [2.45, 2.75) is 33.1 Å². The molecule has 1 aliphatic heterocycles. The Morgan fingerprint density at radius 2 is 2.00 bits per heavy atom. The van der Waals surface area contributed by atoms with Gasteiger partial charge >= 0.3 is 0 Å². The fourth-order valence-electron chi connectivity index (χ4n) is 2.58. The van der Waals surface area contributed by atoms with Crippen molar-refractivity contribution >= 4 is 5.91 Å². The second-order valence-electron chi connectivity index (χ2n) is 5.84. The van der Waals surface area contributed by atoms with Gasteiger partial charge in [-0.3, -0.25) is 4.79 Å². The van der Waals surface area contributed by atoms with Crippen LogP contribution in [0.15, 0.2) is 0 Å². The van der Waals surface area contributed by atoms with Crippen LogP contribution in [0, 0.1) is 17.8 Å². The zero-order chi connectivity index (χ0) is 13.5. The van der Waals surface area contributed by atoms with Crippen LogP contribution in [-0.4, -0.2) is 44.2 Å². The molecule has 0 bridgehead atoms. The van der Waals surface area contributed by atoms with Gasteiger partial charge in [-0.1, -0.05) is 13.8 Å². The third-order valence-electron chi connectivity index (χ3n) is 3.64. The van der Waals surface area contributed by atoms with Gasteiger partial charge in [0.05, 0.1) is 5.92 Å². The predicted molar refractivity (Wildman–Crippen MR) is 73.2 cm³/mol. The molecule has 4 heteroatoms. The average molecular weight is 256 g/mol. The van der Waals surface area contributed by atoms with Gasteiger partial charge in [0, 0.05) is 33.4 Å². The summed E-state index contributed by atoms with van der Waals surface area (Å²) >= 11 is 0. The molecule has 1 fully saturated rings. The number of rotatable bonds is 6. The fraction of sp³-hybridized carbons (Fsp3) is 0.929. The van der Waals surface area contributed by atoms with Crippen molar-refractivity contribution in [3.63, 3.8) is 0 Å². The monoisotopic (exact) mass is 256 g/mol. The van der Waals surface area contributed by atoms with Crippen LogP contribution >= 0.6 is 0 Å². The van der Waals surface area contributed by atoms with Crippen molar-refractivity contribution in [2.75, 3.05) is 33.4 Å². The van der Waals surface area contributed by atoms with Gasteiger partial charge in [-0.2, -0.15) is 0 Å². The molecule has 0 spiro atoms. The molecule has 4 nitrogen and oxygen atoms in total. The molecule has 1 heterocycles. The highest BCUT2D eigenvalue weighted by atomic mass is 16.5. The fourth-order valence-corrected chi connectivity index (χ4v) is 2.58. The van der Waals surface area contributed by atoms with Gasteiger partial charge < -0.3 is 15.4 Å². The minimum Gasteiger partial charge on any atom is -0.381 e. The van der Waals surface area contributed by atoms with Gasteiger partial charge in [0.1, 0.15) is 0 Å². The van der Waals surface area contributed by atoms with Crippen LogP contribution < -0.4 is 5.73 Å².